The molecule has 0 aliphatic carbocycles. The van der Waals surface area contributed by atoms with Gasteiger partial charge in [-0.3, -0.25) is 9.36 Å². The lowest BCUT2D eigenvalue weighted by Crippen LogP contribution is -2.40. The fourth-order valence-corrected chi connectivity index (χ4v) is 5.70. The Hall–Kier alpha value is -2.93. The lowest BCUT2D eigenvalue weighted by molar-refractivity contribution is -0.136. The molecule has 1 aliphatic heterocycles. The maximum atomic E-state index is 13.1. The summed E-state index contributed by atoms with van der Waals surface area (Å²) >= 11 is 4.16. The van der Waals surface area contributed by atoms with Gasteiger partial charge in [-0.25, -0.2) is 4.79 Å². The van der Waals surface area contributed by atoms with Gasteiger partial charge in [0.05, 0.1) is 34.3 Å². The van der Waals surface area contributed by atoms with E-state index in [1.807, 2.05) is 33.7 Å². The molecule has 0 spiro atoms. The molecule has 0 amide bonds. The Morgan fingerprint density at radius 1 is 1.34 bits per heavy atom. The topological polar surface area (TPSA) is 98.1 Å². The molecule has 2 N–H and O–H groups in total. The molecule has 0 saturated heterocycles. The van der Waals surface area contributed by atoms with Gasteiger partial charge >= 0.3 is 5.97 Å². The third-order valence-corrected chi connectivity index (χ3v) is 6.99. The lowest BCUT2D eigenvalue weighted by atomic mass is 9.85. The van der Waals surface area contributed by atoms with E-state index in [1.54, 1.807) is 13.0 Å². The predicted octanol–water partition coefficient (Wildman–Crippen LogP) is 2.02. The molecule has 4 heterocycles. The molecule has 29 heavy (non-hydrogen) atoms. The number of thiophene rings is 2. The minimum absolute atomic E-state index is 0.0537. The van der Waals surface area contributed by atoms with Crippen molar-refractivity contribution in [2.45, 2.75) is 12.8 Å². The van der Waals surface area contributed by atoms with Gasteiger partial charge in [0, 0.05) is 0 Å². The van der Waals surface area contributed by atoms with Crippen molar-refractivity contribution >= 4 is 57.4 Å². The van der Waals surface area contributed by atoms with Crippen LogP contribution in [0.5, 0.6) is 0 Å². The molecule has 1 atom stereocenters. The van der Waals surface area contributed by atoms with Crippen LogP contribution in [0.1, 0.15) is 24.0 Å². The average molecular weight is 442 g/mol. The Kier molecular flexibility index (Phi) is 5.24. The van der Waals surface area contributed by atoms with Gasteiger partial charge in [0.15, 0.2) is 0 Å². The van der Waals surface area contributed by atoms with Crippen molar-refractivity contribution in [2.75, 3.05) is 6.61 Å². The van der Waals surface area contributed by atoms with Gasteiger partial charge < -0.3 is 10.5 Å². The van der Waals surface area contributed by atoms with E-state index in [2.05, 4.69) is 6.07 Å². The van der Waals surface area contributed by atoms with Crippen molar-refractivity contribution in [3.05, 3.63) is 69.9 Å². The number of nitrogens with two attached hydrogens (primary N) is 1. The Morgan fingerprint density at radius 2 is 2.10 bits per heavy atom. The molecular weight excluding hydrogens is 426 g/mol. The number of allylic oxidation sites excluding steroid dienone is 1. The van der Waals surface area contributed by atoms with E-state index < -0.39 is 11.9 Å². The standard InChI is InChI=1S/C20H15N3O3S3/c1-2-26-20(25)16-15(12-4-6-28-10-12)13(8-21)17(22)23-18(24)14(29-19(16)23)7-11-3-5-27-9-11/h3-7,9-10,15H,2,22H2,1H3/b14-7+/t15-/m1/s1. The molecular formula is C20H15N3O3S3. The van der Waals surface area contributed by atoms with Crippen molar-refractivity contribution in [2.24, 2.45) is 5.73 Å². The third kappa shape index (κ3) is 3.25. The van der Waals surface area contributed by atoms with E-state index in [9.17, 15) is 14.9 Å². The van der Waals surface area contributed by atoms with E-state index >= 15 is 0 Å². The van der Waals surface area contributed by atoms with Gasteiger partial charge in [-0.15, -0.1) is 11.3 Å². The number of nitriles is 1. The predicted molar refractivity (Wildman–Crippen MR) is 116 cm³/mol. The summed E-state index contributed by atoms with van der Waals surface area (Å²) in [6, 6.07) is 5.86. The molecule has 0 unspecified atom stereocenters. The lowest BCUT2D eigenvalue weighted by Gasteiger charge is -2.23. The first-order valence-electron chi connectivity index (χ1n) is 8.66. The van der Waals surface area contributed by atoms with Crippen LogP contribution in [0, 0.1) is 11.3 Å². The maximum Gasteiger partial charge on any atom is 0.338 e. The third-order valence-electron chi connectivity index (χ3n) is 4.48. The second-order valence-electron chi connectivity index (χ2n) is 6.15. The van der Waals surface area contributed by atoms with Gasteiger partial charge in [0.25, 0.3) is 5.56 Å². The van der Waals surface area contributed by atoms with Gasteiger partial charge in [-0.2, -0.15) is 27.9 Å². The summed E-state index contributed by atoms with van der Waals surface area (Å²) in [5.41, 5.74) is 8.02. The first-order valence-corrected chi connectivity index (χ1v) is 11.4. The monoisotopic (exact) mass is 441 g/mol. The van der Waals surface area contributed by atoms with Gasteiger partial charge in [-0.1, -0.05) is 0 Å². The van der Waals surface area contributed by atoms with E-state index in [-0.39, 0.29) is 29.1 Å². The van der Waals surface area contributed by atoms with Crippen LogP contribution in [0.15, 0.2) is 44.0 Å². The van der Waals surface area contributed by atoms with Crippen LogP contribution in [0.4, 0.5) is 0 Å². The molecule has 4 rings (SSSR count). The molecule has 0 radical (unpaired) electrons. The fraction of sp³-hybridized carbons (Fsp3) is 0.150. The Balaban J connectivity index is 2.11. The van der Waals surface area contributed by atoms with Crippen molar-refractivity contribution < 1.29 is 9.53 Å². The zero-order chi connectivity index (χ0) is 20.5. The molecule has 0 aromatic carbocycles. The summed E-state index contributed by atoms with van der Waals surface area (Å²) in [6.45, 7) is 1.90. The minimum Gasteiger partial charge on any atom is -0.463 e. The van der Waals surface area contributed by atoms with Crippen molar-refractivity contribution in [1.29, 1.82) is 5.26 Å². The van der Waals surface area contributed by atoms with Gasteiger partial charge in [0.1, 0.15) is 10.5 Å². The van der Waals surface area contributed by atoms with Crippen LogP contribution < -0.4 is 20.5 Å². The molecule has 1 aliphatic rings. The molecule has 0 fully saturated rings. The number of rotatable bonds is 4. The highest BCUT2D eigenvalue weighted by atomic mass is 32.1. The Labute approximate surface area is 177 Å². The number of aromatic nitrogens is 1. The molecule has 3 aromatic rings. The van der Waals surface area contributed by atoms with Crippen molar-refractivity contribution in [1.82, 2.24) is 4.57 Å². The molecule has 146 valence electrons. The molecule has 0 saturated carbocycles. The smallest absolute Gasteiger partial charge is 0.338 e. The highest BCUT2D eigenvalue weighted by molar-refractivity contribution is 7.08. The van der Waals surface area contributed by atoms with Crippen LogP contribution in [-0.2, 0) is 9.53 Å². The SMILES string of the molecule is CCOC(=O)C1=c2s/c(=C/c3ccsc3)c(=O)n2C(N)=C(C#N)[C@H]1c1ccsc1. The van der Waals surface area contributed by atoms with Crippen LogP contribution in [-0.4, -0.2) is 17.1 Å². The Morgan fingerprint density at radius 3 is 2.72 bits per heavy atom. The van der Waals surface area contributed by atoms with Gasteiger partial charge in [0.2, 0.25) is 0 Å². The number of carbonyl (C=O) groups is 1. The highest BCUT2D eigenvalue weighted by Crippen LogP contribution is 2.37. The fourth-order valence-electron chi connectivity index (χ4n) is 3.23. The molecule has 0 bridgehead atoms. The van der Waals surface area contributed by atoms with Crippen LogP contribution in [0.3, 0.4) is 0 Å². The van der Waals surface area contributed by atoms with Crippen LogP contribution >= 0.6 is 34.0 Å². The van der Waals surface area contributed by atoms with E-state index in [0.29, 0.717) is 9.20 Å². The van der Waals surface area contributed by atoms with Crippen LogP contribution in [0.2, 0.25) is 0 Å². The molecule has 3 aromatic heterocycles. The zero-order valence-corrected chi connectivity index (χ0v) is 17.7. The number of nitrogens with zero attached hydrogens (tertiary/aromatic N) is 2. The molecule has 9 heteroatoms. The van der Waals surface area contributed by atoms with Crippen molar-refractivity contribution in [3.8, 4) is 6.07 Å². The first-order chi connectivity index (χ1) is 14.1. The quantitative estimate of drug-likeness (QED) is 0.625. The zero-order valence-electron chi connectivity index (χ0n) is 15.2. The van der Waals surface area contributed by atoms with E-state index in [0.717, 1.165) is 11.1 Å². The summed E-state index contributed by atoms with van der Waals surface area (Å²) in [5.74, 6) is -1.17. The number of thiazole rings is 1. The largest absolute Gasteiger partial charge is 0.463 e. The number of esters is 1. The normalized spacial score (nSPS) is 16.6. The summed E-state index contributed by atoms with van der Waals surface area (Å²) in [7, 11) is 0. The second kappa shape index (κ2) is 7.83. The summed E-state index contributed by atoms with van der Waals surface area (Å²) in [5, 5.41) is 17.4. The average Bonchev–Trinajstić information content (AvgIpc) is 3.45. The minimum atomic E-state index is -0.669. The van der Waals surface area contributed by atoms with Crippen molar-refractivity contribution in [3.63, 3.8) is 0 Å². The van der Waals surface area contributed by atoms with Crippen LogP contribution in [0.25, 0.3) is 17.5 Å². The second-order valence-corrected chi connectivity index (χ2v) is 8.74. The number of hydrogen-bond acceptors (Lipinski definition) is 8. The first kappa shape index (κ1) is 19.4. The maximum absolute atomic E-state index is 13.1. The summed E-state index contributed by atoms with van der Waals surface area (Å²) < 4.78 is 7.39. The van der Waals surface area contributed by atoms with E-state index in [1.165, 1.54) is 38.6 Å². The summed E-state index contributed by atoms with van der Waals surface area (Å²) in [6.07, 6.45) is 1.76. The number of fused-ring (bicyclic) bond motifs is 1. The highest BCUT2D eigenvalue weighted by Gasteiger charge is 2.36. The number of carbonyl (C=O) groups excluding carboxylic acids is 1. The summed E-state index contributed by atoms with van der Waals surface area (Å²) in [4.78, 5) is 26.0. The Bertz CT molecular complexity index is 1320. The van der Waals surface area contributed by atoms with E-state index in [4.69, 9.17) is 10.5 Å². The van der Waals surface area contributed by atoms with Gasteiger partial charge in [-0.05, 0) is 57.8 Å². The number of ether oxygens (including phenoxy) is 1. The number of hydrogen-bond donors (Lipinski definition) is 1. The molecule has 6 nitrogen and oxygen atoms in total.